The van der Waals surface area contributed by atoms with Crippen LogP contribution in [0, 0.1) is 0 Å². The van der Waals surface area contributed by atoms with Crippen molar-refractivity contribution in [1.82, 2.24) is 25.3 Å². The van der Waals surface area contributed by atoms with E-state index in [1.54, 1.807) is 6.20 Å². The Morgan fingerprint density at radius 3 is 2.80 bits per heavy atom. The van der Waals surface area contributed by atoms with Gasteiger partial charge in [0.1, 0.15) is 5.82 Å². The van der Waals surface area contributed by atoms with Crippen LogP contribution in [0.5, 0.6) is 0 Å². The molecule has 0 fully saturated rings. The van der Waals surface area contributed by atoms with E-state index >= 15 is 0 Å². The van der Waals surface area contributed by atoms with Crippen LogP contribution in [0.15, 0.2) is 31.1 Å². The second-order valence-electron chi connectivity index (χ2n) is 3.27. The first kappa shape index (κ1) is 11.5. The molecule has 2 rings (SSSR count). The fourth-order valence-electron chi connectivity index (χ4n) is 1.48. The van der Waals surface area contributed by atoms with Crippen LogP contribution in [0.2, 0.25) is 0 Å². The van der Waals surface area contributed by atoms with E-state index in [0.29, 0.717) is 0 Å². The van der Waals surface area contributed by atoms with Gasteiger partial charge < -0.3 is 15.3 Å². The molecule has 0 amide bonds. The predicted molar refractivity (Wildman–Crippen MR) is 58.9 cm³/mol. The summed E-state index contributed by atoms with van der Waals surface area (Å²) in [5, 5.41) is 0. The van der Waals surface area contributed by atoms with Gasteiger partial charge in [0.15, 0.2) is 0 Å². The third kappa shape index (κ3) is 2.66. The summed E-state index contributed by atoms with van der Waals surface area (Å²) in [5.41, 5.74) is 0. The zero-order valence-electron chi connectivity index (χ0n) is 9.00. The van der Waals surface area contributed by atoms with E-state index in [1.165, 1.54) is 0 Å². The molecule has 2 heterocycles. The molecule has 82 valence electrons. The summed E-state index contributed by atoms with van der Waals surface area (Å²) in [6.45, 7) is 4.00. The molecular formula is C10H17N5. The minimum absolute atomic E-state index is 0. The molecule has 0 aliphatic rings. The van der Waals surface area contributed by atoms with Gasteiger partial charge in [0.2, 0.25) is 0 Å². The van der Waals surface area contributed by atoms with Gasteiger partial charge in [0.25, 0.3) is 0 Å². The Morgan fingerprint density at radius 1 is 1.27 bits per heavy atom. The van der Waals surface area contributed by atoms with E-state index in [0.717, 1.165) is 25.3 Å². The van der Waals surface area contributed by atoms with Gasteiger partial charge in [0, 0.05) is 31.3 Å². The largest absolute Gasteiger partial charge is 0.344 e. The Balaban J connectivity index is 0.00000112. The molecule has 5 heteroatoms. The maximum atomic E-state index is 4.32. The van der Waals surface area contributed by atoms with Crippen molar-refractivity contribution >= 4 is 0 Å². The number of hydrogen-bond donors (Lipinski definition) is 1. The first-order chi connectivity index (χ1) is 6.90. The molecule has 2 aromatic heterocycles. The van der Waals surface area contributed by atoms with Gasteiger partial charge in [-0.2, -0.15) is 0 Å². The normalized spacial score (nSPS) is 9.93. The third-order valence-corrected chi connectivity index (χ3v) is 2.15. The van der Waals surface area contributed by atoms with E-state index in [-0.39, 0.29) is 6.15 Å². The molecule has 0 bridgehead atoms. The summed E-state index contributed by atoms with van der Waals surface area (Å²) in [6.07, 6.45) is 10.5. The average molecular weight is 207 g/mol. The lowest BCUT2D eigenvalue weighted by atomic mass is 10.4. The van der Waals surface area contributed by atoms with Crippen LogP contribution >= 0.6 is 0 Å². The number of hydrogen-bond acceptors (Lipinski definition) is 3. The molecule has 0 aliphatic heterocycles. The Morgan fingerprint density at radius 2 is 2.13 bits per heavy atom. The second-order valence-corrected chi connectivity index (χ2v) is 3.27. The van der Waals surface area contributed by atoms with Gasteiger partial charge in [0.05, 0.1) is 12.9 Å². The molecule has 0 aromatic carbocycles. The van der Waals surface area contributed by atoms with Crippen molar-refractivity contribution in [3.05, 3.63) is 36.9 Å². The van der Waals surface area contributed by atoms with Gasteiger partial charge in [-0.15, -0.1) is 0 Å². The van der Waals surface area contributed by atoms with Crippen molar-refractivity contribution in [2.24, 2.45) is 0 Å². The highest BCUT2D eigenvalue weighted by Gasteiger charge is 2.01. The lowest BCUT2D eigenvalue weighted by Gasteiger charge is -2.06. The van der Waals surface area contributed by atoms with Crippen molar-refractivity contribution in [1.29, 1.82) is 0 Å². The lowest BCUT2D eigenvalue weighted by molar-refractivity contribution is 0.612. The third-order valence-electron chi connectivity index (χ3n) is 2.15. The minimum atomic E-state index is 0. The summed E-state index contributed by atoms with van der Waals surface area (Å²) in [4.78, 5) is 8.33. The van der Waals surface area contributed by atoms with Crippen molar-refractivity contribution < 1.29 is 0 Å². The van der Waals surface area contributed by atoms with Crippen LogP contribution in [0.1, 0.15) is 19.2 Å². The molecule has 0 aliphatic carbocycles. The monoisotopic (exact) mass is 207 g/mol. The van der Waals surface area contributed by atoms with Crippen LogP contribution in [-0.2, 0) is 13.1 Å². The van der Waals surface area contributed by atoms with Crippen LogP contribution in [0.25, 0.3) is 0 Å². The van der Waals surface area contributed by atoms with Crippen LogP contribution in [0.3, 0.4) is 0 Å². The SMILES string of the molecule is CCCn1ccnc1Cn1ccnc1.N. The summed E-state index contributed by atoms with van der Waals surface area (Å²) in [7, 11) is 0. The smallest absolute Gasteiger partial charge is 0.128 e. The molecule has 15 heavy (non-hydrogen) atoms. The Labute approximate surface area is 89.4 Å². The van der Waals surface area contributed by atoms with Crippen LogP contribution in [-0.4, -0.2) is 19.1 Å². The highest BCUT2D eigenvalue weighted by atomic mass is 15.1. The van der Waals surface area contributed by atoms with E-state index in [2.05, 4.69) is 21.5 Å². The van der Waals surface area contributed by atoms with Gasteiger partial charge >= 0.3 is 0 Å². The zero-order valence-corrected chi connectivity index (χ0v) is 9.00. The standard InChI is InChI=1S/C10H14N4.H3N/c1-2-5-14-7-4-12-10(14)8-13-6-3-11-9-13;/h3-4,6-7,9H,2,5,8H2,1H3;1H3. The lowest BCUT2D eigenvalue weighted by Crippen LogP contribution is -2.06. The Bertz CT molecular complexity index is 376. The topological polar surface area (TPSA) is 70.6 Å². The molecule has 2 aromatic rings. The minimum Gasteiger partial charge on any atom is -0.344 e. The molecule has 0 atom stereocenters. The van der Waals surface area contributed by atoms with Gasteiger partial charge in [-0.05, 0) is 6.42 Å². The van der Waals surface area contributed by atoms with E-state index in [4.69, 9.17) is 0 Å². The predicted octanol–water partition coefficient (Wildman–Crippen LogP) is 1.70. The van der Waals surface area contributed by atoms with E-state index in [9.17, 15) is 0 Å². The average Bonchev–Trinajstić information content (AvgIpc) is 2.80. The zero-order chi connectivity index (χ0) is 9.80. The molecular weight excluding hydrogens is 190 g/mol. The van der Waals surface area contributed by atoms with Gasteiger partial charge in [-0.3, -0.25) is 0 Å². The first-order valence-electron chi connectivity index (χ1n) is 4.86. The van der Waals surface area contributed by atoms with Gasteiger partial charge in [-0.25, -0.2) is 9.97 Å². The molecule has 0 radical (unpaired) electrons. The summed E-state index contributed by atoms with van der Waals surface area (Å²) < 4.78 is 4.20. The van der Waals surface area contributed by atoms with E-state index in [1.807, 2.05) is 29.5 Å². The fraction of sp³-hybridized carbons (Fsp3) is 0.400. The molecule has 0 saturated carbocycles. The van der Waals surface area contributed by atoms with Crippen molar-refractivity contribution in [2.45, 2.75) is 26.4 Å². The quantitative estimate of drug-likeness (QED) is 0.829. The molecule has 0 unspecified atom stereocenters. The molecule has 0 saturated heterocycles. The highest BCUT2D eigenvalue weighted by molar-refractivity contribution is 4.94. The molecule has 3 N–H and O–H groups in total. The number of rotatable bonds is 4. The molecule has 0 spiro atoms. The molecule has 5 nitrogen and oxygen atoms in total. The summed E-state index contributed by atoms with van der Waals surface area (Å²) in [6, 6.07) is 0. The second kappa shape index (κ2) is 5.31. The fourth-order valence-corrected chi connectivity index (χ4v) is 1.48. The van der Waals surface area contributed by atoms with Crippen LogP contribution in [0.4, 0.5) is 0 Å². The number of aromatic nitrogens is 4. The number of aryl methyl sites for hydroxylation is 1. The summed E-state index contributed by atoms with van der Waals surface area (Å²) >= 11 is 0. The maximum Gasteiger partial charge on any atom is 0.128 e. The Kier molecular flexibility index (Phi) is 4.05. The Hall–Kier alpha value is -1.62. The first-order valence-corrected chi connectivity index (χ1v) is 4.86. The van der Waals surface area contributed by atoms with Crippen LogP contribution < -0.4 is 6.15 Å². The maximum absolute atomic E-state index is 4.32. The highest BCUT2D eigenvalue weighted by Crippen LogP contribution is 2.01. The van der Waals surface area contributed by atoms with Crippen molar-refractivity contribution in [2.75, 3.05) is 0 Å². The van der Waals surface area contributed by atoms with Crippen molar-refractivity contribution in [3.63, 3.8) is 0 Å². The van der Waals surface area contributed by atoms with E-state index < -0.39 is 0 Å². The number of nitrogens with zero attached hydrogens (tertiary/aromatic N) is 4. The van der Waals surface area contributed by atoms with Gasteiger partial charge in [-0.1, -0.05) is 6.92 Å². The summed E-state index contributed by atoms with van der Waals surface area (Å²) in [5.74, 6) is 1.09. The van der Waals surface area contributed by atoms with Crippen molar-refractivity contribution in [3.8, 4) is 0 Å². The number of imidazole rings is 2.